The highest BCUT2D eigenvalue weighted by atomic mass is 19.1. The maximum Gasteiger partial charge on any atom is 0.322 e. The van der Waals surface area contributed by atoms with Crippen LogP contribution in [0.4, 0.5) is 14.9 Å². The normalized spacial score (nSPS) is 16.4. The van der Waals surface area contributed by atoms with Gasteiger partial charge in [-0.3, -0.25) is 4.79 Å². The van der Waals surface area contributed by atoms with Crippen LogP contribution in [0.15, 0.2) is 48.5 Å². The quantitative estimate of drug-likeness (QED) is 0.907. The number of carboxylic acids is 1. The van der Waals surface area contributed by atoms with Gasteiger partial charge in [-0.05, 0) is 35.7 Å². The lowest BCUT2D eigenvalue weighted by molar-refractivity contribution is -0.138. The standard InChI is InChI=1S/C18H17FN2O3/c19-13-5-3-6-14(10-13)20-18(24)21-9-8-12-4-1-2-7-15(12)16(21)11-17(22)23/h1-7,10,16H,8-9,11H2,(H,20,24)(H,22,23)/t16-/m1/s1. The smallest absolute Gasteiger partial charge is 0.322 e. The summed E-state index contributed by atoms with van der Waals surface area (Å²) < 4.78 is 13.3. The molecule has 2 amide bonds. The van der Waals surface area contributed by atoms with E-state index in [0.717, 1.165) is 11.1 Å². The average molecular weight is 328 g/mol. The summed E-state index contributed by atoms with van der Waals surface area (Å²) in [6, 6.07) is 12.2. The van der Waals surface area contributed by atoms with Crippen molar-refractivity contribution in [3.05, 3.63) is 65.5 Å². The molecule has 0 spiro atoms. The lowest BCUT2D eigenvalue weighted by atomic mass is 9.91. The van der Waals surface area contributed by atoms with Crippen LogP contribution in [0.5, 0.6) is 0 Å². The van der Waals surface area contributed by atoms with Gasteiger partial charge in [0, 0.05) is 12.2 Å². The van der Waals surface area contributed by atoms with Crippen molar-refractivity contribution in [2.24, 2.45) is 0 Å². The minimum absolute atomic E-state index is 0.173. The van der Waals surface area contributed by atoms with Gasteiger partial charge in [0.25, 0.3) is 0 Å². The number of rotatable bonds is 3. The number of urea groups is 1. The van der Waals surface area contributed by atoms with E-state index in [4.69, 9.17) is 0 Å². The average Bonchev–Trinajstić information content (AvgIpc) is 2.54. The van der Waals surface area contributed by atoms with Crippen molar-refractivity contribution in [3.8, 4) is 0 Å². The van der Waals surface area contributed by atoms with Crippen LogP contribution in [0.1, 0.15) is 23.6 Å². The molecule has 0 aliphatic carbocycles. The van der Waals surface area contributed by atoms with Gasteiger partial charge in [0.2, 0.25) is 0 Å². The highest BCUT2D eigenvalue weighted by molar-refractivity contribution is 5.90. The maximum atomic E-state index is 13.3. The Kier molecular flexibility index (Phi) is 4.46. The van der Waals surface area contributed by atoms with Crippen LogP contribution < -0.4 is 5.32 Å². The Morgan fingerprint density at radius 3 is 2.75 bits per heavy atom. The van der Waals surface area contributed by atoms with Crippen LogP contribution in [-0.4, -0.2) is 28.6 Å². The maximum absolute atomic E-state index is 13.3. The van der Waals surface area contributed by atoms with Crippen LogP contribution in [0, 0.1) is 5.82 Å². The van der Waals surface area contributed by atoms with Crippen molar-refractivity contribution in [2.75, 3.05) is 11.9 Å². The third-order valence-electron chi connectivity index (χ3n) is 4.12. The van der Waals surface area contributed by atoms with Gasteiger partial charge in [0.05, 0.1) is 12.5 Å². The van der Waals surface area contributed by atoms with Crippen molar-refractivity contribution in [2.45, 2.75) is 18.9 Å². The third-order valence-corrected chi connectivity index (χ3v) is 4.12. The molecule has 2 aromatic carbocycles. The lowest BCUT2D eigenvalue weighted by Gasteiger charge is -2.36. The molecule has 24 heavy (non-hydrogen) atoms. The molecule has 1 atom stereocenters. The predicted molar refractivity (Wildman–Crippen MR) is 87.3 cm³/mol. The number of carboxylic acid groups (broad SMARTS) is 1. The molecule has 3 rings (SSSR count). The molecule has 2 N–H and O–H groups in total. The van der Waals surface area contributed by atoms with Gasteiger partial charge in [0.1, 0.15) is 5.82 Å². The molecule has 0 unspecified atom stereocenters. The van der Waals surface area contributed by atoms with Crippen molar-refractivity contribution in [1.29, 1.82) is 0 Å². The molecule has 0 aromatic heterocycles. The number of nitrogens with one attached hydrogen (secondary N) is 1. The Bertz CT molecular complexity index is 778. The molecule has 0 bridgehead atoms. The highest BCUT2D eigenvalue weighted by Crippen LogP contribution is 2.32. The first-order chi connectivity index (χ1) is 11.5. The highest BCUT2D eigenvalue weighted by Gasteiger charge is 2.32. The Morgan fingerprint density at radius 2 is 2.00 bits per heavy atom. The van der Waals surface area contributed by atoms with Gasteiger partial charge in [-0.15, -0.1) is 0 Å². The van der Waals surface area contributed by atoms with Gasteiger partial charge in [0.15, 0.2) is 0 Å². The second kappa shape index (κ2) is 6.70. The van der Waals surface area contributed by atoms with Gasteiger partial charge < -0.3 is 15.3 Å². The van der Waals surface area contributed by atoms with Crippen LogP contribution >= 0.6 is 0 Å². The zero-order valence-corrected chi connectivity index (χ0v) is 12.9. The molecule has 0 fully saturated rings. The SMILES string of the molecule is O=C(O)C[C@@H]1c2ccccc2CCN1C(=O)Nc1cccc(F)c1. The number of benzene rings is 2. The van der Waals surface area contributed by atoms with Crippen LogP contribution in [0.3, 0.4) is 0 Å². The van der Waals surface area contributed by atoms with E-state index in [1.807, 2.05) is 24.3 Å². The number of carbonyl (C=O) groups excluding carboxylic acids is 1. The summed E-state index contributed by atoms with van der Waals surface area (Å²) in [7, 11) is 0. The lowest BCUT2D eigenvalue weighted by Crippen LogP contribution is -2.43. The molecule has 6 heteroatoms. The summed E-state index contributed by atoms with van der Waals surface area (Å²) in [5, 5.41) is 11.8. The number of anilines is 1. The number of fused-ring (bicyclic) bond motifs is 1. The summed E-state index contributed by atoms with van der Waals surface area (Å²) in [5.41, 5.74) is 2.24. The number of amides is 2. The van der Waals surface area contributed by atoms with Crippen molar-refractivity contribution >= 4 is 17.7 Å². The Balaban J connectivity index is 1.85. The third kappa shape index (κ3) is 3.37. The van der Waals surface area contributed by atoms with E-state index in [0.29, 0.717) is 18.7 Å². The molecular formula is C18H17FN2O3. The fourth-order valence-electron chi connectivity index (χ4n) is 3.04. The van der Waals surface area contributed by atoms with Crippen LogP contribution in [0.25, 0.3) is 0 Å². The fourth-order valence-corrected chi connectivity index (χ4v) is 3.04. The molecule has 2 aromatic rings. The molecule has 1 aliphatic rings. The minimum Gasteiger partial charge on any atom is -0.481 e. The Hall–Kier alpha value is -2.89. The molecular weight excluding hydrogens is 311 g/mol. The van der Waals surface area contributed by atoms with Crippen molar-refractivity contribution in [3.63, 3.8) is 0 Å². The zero-order chi connectivity index (χ0) is 17.1. The van der Waals surface area contributed by atoms with E-state index in [1.54, 1.807) is 6.07 Å². The van der Waals surface area contributed by atoms with Crippen LogP contribution in [0.2, 0.25) is 0 Å². The van der Waals surface area contributed by atoms with E-state index in [2.05, 4.69) is 5.32 Å². The number of halogens is 1. The summed E-state index contributed by atoms with van der Waals surface area (Å²) in [4.78, 5) is 25.3. The zero-order valence-electron chi connectivity index (χ0n) is 12.9. The van der Waals surface area contributed by atoms with Gasteiger partial charge in [-0.1, -0.05) is 30.3 Å². The number of hydrogen-bond donors (Lipinski definition) is 2. The number of nitrogens with zero attached hydrogens (tertiary/aromatic N) is 1. The number of aliphatic carboxylic acids is 1. The summed E-state index contributed by atoms with van der Waals surface area (Å²) in [5.74, 6) is -1.42. The van der Waals surface area contributed by atoms with E-state index >= 15 is 0 Å². The monoisotopic (exact) mass is 328 g/mol. The first-order valence-corrected chi connectivity index (χ1v) is 7.67. The van der Waals surface area contributed by atoms with Crippen molar-refractivity contribution < 1.29 is 19.1 Å². The molecule has 0 radical (unpaired) electrons. The minimum atomic E-state index is -0.972. The first kappa shape index (κ1) is 16.0. The predicted octanol–water partition coefficient (Wildman–Crippen LogP) is 3.43. The Morgan fingerprint density at radius 1 is 1.21 bits per heavy atom. The second-order valence-corrected chi connectivity index (χ2v) is 5.70. The van der Waals surface area contributed by atoms with Gasteiger partial charge in [-0.25, -0.2) is 9.18 Å². The van der Waals surface area contributed by atoms with Gasteiger partial charge in [-0.2, -0.15) is 0 Å². The van der Waals surface area contributed by atoms with E-state index < -0.39 is 23.9 Å². The van der Waals surface area contributed by atoms with E-state index in [-0.39, 0.29) is 6.42 Å². The number of hydrogen-bond acceptors (Lipinski definition) is 2. The first-order valence-electron chi connectivity index (χ1n) is 7.67. The molecule has 0 saturated carbocycles. The second-order valence-electron chi connectivity index (χ2n) is 5.70. The summed E-state index contributed by atoms with van der Waals surface area (Å²) >= 11 is 0. The van der Waals surface area contributed by atoms with Crippen molar-refractivity contribution in [1.82, 2.24) is 4.90 Å². The fraction of sp³-hybridized carbons (Fsp3) is 0.222. The summed E-state index contributed by atoms with van der Waals surface area (Å²) in [6.07, 6.45) is 0.483. The topological polar surface area (TPSA) is 69.6 Å². The molecule has 1 heterocycles. The largest absolute Gasteiger partial charge is 0.481 e. The van der Waals surface area contributed by atoms with Gasteiger partial charge >= 0.3 is 12.0 Å². The van der Waals surface area contributed by atoms with E-state index in [1.165, 1.54) is 23.1 Å². The van der Waals surface area contributed by atoms with E-state index in [9.17, 15) is 19.1 Å². The molecule has 124 valence electrons. The van der Waals surface area contributed by atoms with Crippen LogP contribution in [-0.2, 0) is 11.2 Å². The number of carbonyl (C=O) groups is 2. The molecule has 1 aliphatic heterocycles. The summed E-state index contributed by atoms with van der Waals surface area (Å²) in [6.45, 7) is 0.413. The molecule has 5 nitrogen and oxygen atoms in total. The molecule has 0 saturated heterocycles. The Labute approximate surface area is 138 Å².